The third-order valence-electron chi connectivity index (χ3n) is 5.05. The number of fused-ring (bicyclic) bond motifs is 6. The normalized spacial score (nSPS) is 15.6. The molecule has 0 N–H and O–H groups in total. The smallest absolute Gasteiger partial charge is 0.340 e. The zero-order valence-electron chi connectivity index (χ0n) is 16.1. The lowest BCUT2D eigenvalue weighted by atomic mass is 9.77. The first-order valence-corrected chi connectivity index (χ1v) is 11.7. The monoisotopic (exact) mass is 490 g/mol. The van der Waals surface area contributed by atoms with Gasteiger partial charge in [0.2, 0.25) is 0 Å². The molecular formula is C20H10O11S2-2. The van der Waals surface area contributed by atoms with Gasteiger partial charge in [0.1, 0.15) is 23.0 Å². The van der Waals surface area contributed by atoms with Crippen LogP contribution in [-0.2, 0) is 31.1 Å². The molecule has 2 heterocycles. The predicted molar refractivity (Wildman–Crippen MR) is 105 cm³/mol. The molecule has 0 bridgehead atoms. The standard InChI is InChI=1S/C20H12O11S2/c21-19-13-3-1-2-4-14(13)20(29-19)15-7-5-11(30-32(22,23)24)9-17(15)28-18-10-12(6-8-16(18)20)31-33(25,26)27/h1-10H,(H,22,23,24)(H,25,26,27)/p-2. The first-order chi connectivity index (χ1) is 15.5. The summed E-state index contributed by atoms with van der Waals surface area (Å²) < 4.78 is 86.4. The Bertz CT molecular complexity index is 1460. The van der Waals surface area contributed by atoms with E-state index in [0.717, 1.165) is 12.1 Å². The minimum absolute atomic E-state index is 0.0460. The second-order valence-corrected chi connectivity index (χ2v) is 8.98. The van der Waals surface area contributed by atoms with Crippen molar-refractivity contribution in [3.05, 3.63) is 82.9 Å². The average molecular weight is 490 g/mol. The summed E-state index contributed by atoms with van der Waals surface area (Å²) in [5, 5.41) is 0. The minimum Gasteiger partial charge on any atom is -0.716 e. The first kappa shape index (κ1) is 21.2. The number of benzene rings is 3. The molecule has 0 aromatic heterocycles. The van der Waals surface area contributed by atoms with Gasteiger partial charge in [-0.15, -0.1) is 0 Å². The molecule has 0 unspecified atom stereocenters. The number of carbonyl (C=O) groups is 1. The van der Waals surface area contributed by atoms with Crippen LogP contribution in [-0.4, -0.2) is 31.9 Å². The van der Waals surface area contributed by atoms with E-state index in [1.54, 1.807) is 24.3 Å². The van der Waals surface area contributed by atoms with Crippen molar-refractivity contribution in [2.75, 3.05) is 0 Å². The Morgan fingerprint density at radius 3 is 1.76 bits per heavy atom. The van der Waals surface area contributed by atoms with Crippen molar-refractivity contribution in [2.45, 2.75) is 5.60 Å². The Labute approximate surface area is 187 Å². The van der Waals surface area contributed by atoms with Crippen LogP contribution in [0.4, 0.5) is 0 Å². The van der Waals surface area contributed by atoms with Gasteiger partial charge < -0.3 is 26.9 Å². The highest BCUT2D eigenvalue weighted by Crippen LogP contribution is 2.57. The Balaban J connectivity index is 1.76. The van der Waals surface area contributed by atoms with Crippen LogP contribution < -0.4 is 13.1 Å². The summed E-state index contributed by atoms with van der Waals surface area (Å²) in [5.74, 6) is -1.47. The molecule has 0 fully saturated rings. The van der Waals surface area contributed by atoms with Gasteiger partial charge in [-0.05, 0) is 30.3 Å². The molecule has 0 amide bonds. The highest BCUT2D eigenvalue weighted by molar-refractivity contribution is 7.81. The van der Waals surface area contributed by atoms with Crippen LogP contribution in [0, 0.1) is 0 Å². The quantitative estimate of drug-likeness (QED) is 0.297. The largest absolute Gasteiger partial charge is 0.716 e. The third kappa shape index (κ3) is 3.56. The molecule has 2 aliphatic rings. The summed E-state index contributed by atoms with van der Waals surface area (Å²) in [4.78, 5) is 12.7. The summed E-state index contributed by atoms with van der Waals surface area (Å²) in [6.45, 7) is 0. The second-order valence-electron chi connectivity index (χ2n) is 7.02. The van der Waals surface area contributed by atoms with Crippen LogP contribution >= 0.6 is 0 Å². The molecular weight excluding hydrogens is 480 g/mol. The van der Waals surface area contributed by atoms with Crippen LogP contribution in [0.2, 0.25) is 0 Å². The van der Waals surface area contributed by atoms with Gasteiger partial charge in [-0.3, -0.25) is 0 Å². The third-order valence-corrected chi connectivity index (χ3v) is 5.85. The van der Waals surface area contributed by atoms with Crippen LogP contribution in [0.25, 0.3) is 0 Å². The highest BCUT2D eigenvalue weighted by atomic mass is 32.3. The molecule has 0 saturated heterocycles. The van der Waals surface area contributed by atoms with Crippen molar-refractivity contribution in [1.82, 2.24) is 0 Å². The molecule has 3 aromatic rings. The van der Waals surface area contributed by atoms with Crippen molar-refractivity contribution in [3.8, 4) is 23.0 Å². The maximum Gasteiger partial charge on any atom is 0.340 e. The van der Waals surface area contributed by atoms with E-state index in [4.69, 9.17) is 9.47 Å². The number of hydrogen-bond donors (Lipinski definition) is 0. The number of carbonyl (C=O) groups excluding carboxylic acids is 1. The average Bonchev–Trinajstić information content (AvgIpc) is 2.99. The molecule has 5 rings (SSSR count). The maximum atomic E-state index is 12.7. The van der Waals surface area contributed by atoms with Crippen molar-refractivity contribution < 1.29 is 48.6 Å². The minimum atomic E-state index is -5.09. The van der Waals surface area contributed by atoms with Gasteiger partial charge in [0.25, 0.3) is 20.8 Å². The second kappa shape index (κ2) is 6.92. The molecule has 0 radical (unpaired) electrons. The molecule has 0 aliphatic carbocycles. The van der Waals surface area contributed by atoms with Crippen molar-refractivity contribution in [3.63, 3.8) is 0 Å². The lowest BCUT2D eigenvalue weighted by Crippen LogP contribution is -2.33. The molecule has 1 spiro atoms. The van der Waals surface area contributed by atoms with Gasteiger partial charge in [-0.1, -0.05) is 18.2 Å². The number of hydrogen-bond acceptors (Lipinski definition) is 11. The van der Waals surface area contributed by atoms with Crippen molar-refractivity contribution in [2.24, 2.45) is 0 Å². The molecule has 170 valence electrons. The van der Waals surface area contributed by atoms with Crippen molar-refractivity contribution >= 4 is 26.8 Å². The molecule has 13 heteroatoms. The number of ether oxygens (including phenoxy) is 2. The number of rotatable bonds is 4. The lowest BCUT2D eigenvalue weighted by Gasteiger charge is -2.36. The summed E-state index contributed by atoms with van der Waals surface area (Å²) in [6.07, 6.45) is 0. The number of esters is 1. The topological polar surface area (TPSA) is 168 Å². The summed E-state index contributed by atoms with van der Waals surface area (Å²) in [5.41, 5.74) is -0.277. The zero-order chi connectivity index (χ0) is 23.6. The van der Waals surface area contributed by atoms with Gasteiger partial charge in [-0.25, -0.2) is 21.6 Å². The SMILES string of the molecule is O=C1OC2(c3ccc(OS(=O)(=O)[O-])cc3Oc3cc(OS(=O)(=O)[O-])ccc32)c2ccccc21. The molecule has 11 nitrogen and oxygen atoms in total. The van der Waals surface area contributed by atoms with Gasteiger partial charge in [0.05, 0.1) is 5.56 Å². The Morgan fingerprint density at radius 1 is 0.727 bits per heavy atom. The molecule has 3 aromatic carbocycles. The Morgan fingerprint density at radius 2 is 1.24 bits per heavy atom. The molecule has 0 atom stereocenters. The first-order valence-electron chi connectivity index (χ1n) is 9.07. The van der Waals surface area contributed by atoms with E-state index >= 15 is 0 Å². The lowest BCUT2D eigenvalue weighted by molar-refractivity contribution is 0.0224. The Kier molecular flexibility index (Phi) is 4.45. The Hall–Kier alpha value is -3.65. The van der Waals surface area contributed by atoms with Crippen molar-refractivity contribution in [1.29, 1.82) is 0 Å². The van der Waals surface area contributed by atoms with E-state index in [-0.39, 0.29) is 39.7 Å². The zero-order valence-corrected chi connectivity index (χ0v) is 17.7. The molecule has 2 aliphatic heterocycles. The summed E-state index contributed by atoms with van der Waals surface area (Å²) in [7, 11) is -10.2. The fraction of sp³-hybridized carbons (Fsp3) is 0.0500. The van der Waals surface area contributed by atoms with Gasteiger partial charge in [-0.2, -0.15) is 0 Å². The predicted octanol–water partition coefficient (Wildman–Crippen LogP) is 1.93. The van der Waals surface area contributed by atoms with Gasteiger partial charge >= 0.3 is 5.97 Å². The van der Waals surface area contributed by atoms with Crippen LogP contribution in [0.1, 0.15) is 27.0 Å². The van der Waals surface area contributed by atoms with Gasteiger partial charge in [0, 0.05) is 28.8 Å². The molecule has 33 heavy (non-hydrogen) atoms. The van der Waals surface area contributed by atoms with Crippen LogP contribution in [0.3, 0.4) is 0 Å². The van der Waals surface area contributed by atoms with Crippen LogP contribution in [0.5, 0.6) is 23.0 Å². The fourth-order valence-corrected chi connectivity index (χ4v) is 4.65. The van der Waals surface area contributed by atoms with Gasteiger partial charge in [0.15, 0.2) is 5.60 Å². The van der Waals surface area contributed by atoms with E-state index in [1.807, 2.05) is 0 Å². The maximum absolute atomic E-state index is 12.7. The van der Waals surface area contributed by atoms with E-state index in [2.05, 4.69) is 8.37 Å². The highest BCUT2D eigenvalue weighted by Gasteiger charge is 2.53. The van der Waals surface area contributed by atoms with E-state index in [9.17, 15) is 30.7 Å². The summed E-state index contributed by atoms with van der Waals surface area (Å²) >= 11 is 0. The molecule has 0 saturated carbocycles. The van der Waals surface area contributed by atoms with E-state index in [0.29, 0.717) is 5.56 Å². The summed E-state index contributed by atoms with van der Waals surface area (Å²) in [6, 6.07) is 13.9. The fourth-order valence-electron chi connectivity index (χ4n) is 3.98. The van der Waals surface area contributed by atoms with Crippen LogP contribution in [0.15, 0.2) is 60.7 Å². The van der Waals surface area contributed by atoms with E-state index in [1.165, 1.54) is 24.3 Å². The van der Waals surface area contributed by atoms with E-state index < -0.39 is 32.4 Å².